The molecule has 0 fully saturated rings. The van der Waals surface area contributed by atoms with E-state index >= 15 is 0 Å². The van der Waals surface area contributed by atoms with E-state index < -0.39 is 0 Å². The molecular formula is C6H8N3O2. The normalized spacial score (nSPS) is 9.55. The van der Waals surface area contributed by atoms with Crippen LogP contribution < -0.4 is 0 Å². The van der Waals surface area contributed by atoms with Crippen molar-refractivity contribution in [1.82, 2.24) is 15.0 Å². The van der Waals surface area contributed by atoms with E-state index in [1.54, 1.807) is 6.92 Å². The molecule has 11 heavy (non-hydrogen) atoms. The maximum Gasteiger partial charge on any atom is 0.327 e. The van der Waals surface area contributed by atoms with Gasteiger partial charge in [-0.05, 0) is 6.92 Å². The van der Waals surface area contributed by atoms with E-state index in [0.717, 1.165) is 0 Å². The number of esters is 1. The summed E-state index contributed by atoms with van der Waals surface area (Å²) < 4.78 is 6.03. The Hall–Kier alpha value is -1.39. The zero-order valence-electron chi connectivity index (χ0n) is 6.15. The molecule has 0 saturated carbocycles. The van der Waals surface area contributed by atoms with Crippen molar-refractivity contribution in [2.75, 3.05) is 6.61 Å². The molecule has 0 atom stereocenters. The largest absolute Gasteiger partial charge is 0.465 e. The van der Waals surface area contributed by atoms with Crippen LogP contribution in [-0.2, 0) is 16.1 Å². The van der Waals surface area contributed by atoms with E-state index in [2.05, 4.69) is 21.2 Å². The lowest BCUT2D eigenvalue weighted by atomic mass is 10.6. The second-order valence-corrected chi connectivity index (χ2v) is 1.85. The Balaban J connectivity index is 2.37. The van der Waals surface area contributed by atoms with Crippen molar-refractivity contribution < 1.29 is 9.53 Å². The third kappa shape index (κ3) is 2.37. The summed E-state index contributed by atoms with van der Waals surface area (Å²) in [5.41, 5.74) is 0. The summed E-state index contributed by atoms with van der Waals surface area (Å²) in [5, 5.41) is 6.96. The minimum absolute atomic E-state index is 0.102. The Kier molecular flexibility index (Phi) is 2.59. The molecule has 0 spiro atoms. The van der Waals surface area contributed by atoms with Gasteiger partial charge < -0.3 is 4.74 Å². The van der Waals surface area contributed by atoms with Crippen LogP contribution >= 0.6 is 0 Å². The minimum atomic E-state index is -0.314. The van der Waals surface area contributed by atoms with Gasteiger partial charge in [-0.2, -0.15) is 0 Å². The summed E-state index contributed by atoms with van der Waals surface area (Å²) in [4.78, 5) is 10.8. The van der Waals surface area contributed by atoms with Crippen LogP contribution in [0.25, 0.3) is 0 Å². The molecular weight excluding hydrogens is 146 g/mol. The van der Waals surface area contributed by atoms with Gasteiger partial charge in [0, 0.05) is 0 Å². The Labute approximate surface area is 64.0 Å². The van der Waals surface area contributed by atoms with Gasteiger partial charge >= 0.3 is 5.97 Å². The van der Waals surface area contributed by atoms with Gasteiger partial charge in [0.15, 0.2) is 0 Å². The maximum atomic E-state index is 10.8. The SMILES string of the molecule is CCOC(=O)Cn1c[c]nn1. The highest BCUT2D eigenvalue weighted by Gasteiger charge is 2.01. The zero-order chi connectivity index (χ0) is 8.10. The Morgan fingerprint density at radius 2 is 2.64 bits per heavy atom. The average molecular weight is 154 g/mol. The van der Waals surface area contributed by atoms with Gasteiger partial charge in [0.2, 0.25) is 0 Å². The molecule has 0 unspecified atom stereocenters. The first-order valence-corrected chi connectivity index (χ1v) is 3.24. The fourth-order valence-electron chi connectivity index (χ4n) is 0.618. The second-order valence-electron chi connectivity index (χ2n) is 1.85. The predicted octanol–water partition coefficient (Wildman–Crippen LogP) is -0.359. The van der Waals surface area contributed by atoms with Gasteiger partial charge in [-0.3, -0.25) is 4.79 Å². The smallest absolute Gasteiger partial charge is 0.327 e. The van der Waals surface area contributed by atoms with E-state index in [1.165, 1.54) is 10.9 Å². The van der Waals surface area contributed by atoms with E-state index in [9.17, 15) is 4.79 Å². The number of ether oxygens (including phenoxy) is 1. The summed E-state index contributed by atoms with van der Waals surface area (Å²) in [5.74, 6) is -0.314. The van der Waals surface area contributed by atoms with Gasteiger partial charge in [0.25, 0.3) is 0 Å². The van der Waals surface area contributed by atoms with Crippen molar-refractivity contribution in [3.8, 4) is 0 Å². The van der Waals surface area contributed by atoms with Crippen LogP contribution in [0.1, 0.15) is 6.92 Å². The lowest BCUT2D eigenvalue weighted by Gasteiger charge is -1.99. The molecule has 0 N–H and O–H groups in total. The highest BCUT2D eigenvalue weighted by atomic mass is 16.5. The van der Waals surface area contributed by atoms with Crippen LogP contribution in [0.4, 0.5) is 0 Å². The number of rotatable bonds is 3. The molecule has 0 bridgehead atoms. The Morgan fingerprint density at radius 1 is 1.82 bits per heavy atom. The highest BCUT2D eigenvalue weighted by molar-refractivity contribution is 5.68. The molecule has 1 aromatic heterocycles. The third-order valence-electron chi connectivity index (χ3n) is 1.02. The fourth-order valence-corrected chi connectivity index (χ4v) is 0.618. The van der Waals surface area contributed by atoms with Crippen LogP contribution in [-0.4, -0.2) is 27.6 Å². The molecule has 1 radical (unpaired) electrons. The topological polar surface area (TPSA) is 57.0 Å². The number of hydrogen-bond acceptors (Lipinski definition) is 4. The van der Waals surface area contributed by atoms with Crippen molar-refractivity contribution in [2.24, 2.45) is 0 Å². The molecule has 0 aliphatic rings. The number of hydrogen-bond donors (Lipinski definition) is 0. The van der Waals surface area contributed by atoms with Crippen molar-refractivity contribution in [3.63, 3.8) is 0 Å². The van der Waals surface area contributed by atoms with Crippen molar-refractivity contribution in [2.45, 2.75) is 13.5 Å². The third-order valence-corrected chi connectivity index (χ3v) is 1.02. The van der Waals surface area contributed by atoms with Crippen molar-refractivity contribution >= 4 is 5.97 Å². The molecule has 1 heterocycles. The molecule has 0 aliphatic heterocycles. The van der Waals surface area contributed by atoms with Crippen LogP contribution in [0.5, 0.6) is 0 Å². The first kappa shape index (κ1) is 7.71. The molecule has 0 aromatic carbocycles. The monoisotopic (exact) mass is 154 g/mol. The fraction of sp³-hybridized carbons (Fsp3) is 0.500. The summed E-state index contributed by atoms with van der Waals surface area (Å²) in [6.45, 7) is 2.24. The van der Waals surface area contributed by atoms with Crippen LogP contribution in [0.15, 0.2) is 6.20 Å². The van der Waals surface area contributed by atoms with Crippen LogP contribution in [0.3, 0.4) is 0 Å². The lowest BCUT2D eigenvalue weighted by molar-refractivity contribution is -0.144. The van der Waals surface area contributed by atoms with E-state index in [-0.39, 0.29) is 12.5 Å². The second kappa shape index (κ2) is 3.70. The molecule has 0 amide bonds. The maximum absolute atomic E-state index is 10.8. The standard InChI is InChI=1S/C6H8N3O2/c1-2-11-6(10)5-9-4-3-7-8-9/h4H,2,5H2,1H3. The van der Waals surface area contributed by atoms with Gasteiger partial charge in [-0.25, -0.2) is 4.68 Å². The number of carbonyl (C=O) groups is 1. The number of carbonyl (C=O) groups excluding carboxylic acids is 1. The van der Waals surface area contributed by atoms with Crippen LogP contribution in [0.2, 0.25) is 0 Å². The highest BCUT2D eigenvalue weighted by Crippen LogP contribution is 1.84. The first-order chi connectivity index (χ1) is 5.33. The summed E-state index contributed by atoms with van der Waals surface area (Å²) >= 11 is 0. The molecule has 5 nitrogen and oxygen atoms in total. The van der Waals surface area contributed by atoms with E-state index in [0.29, 0.717) is 6.61 Å². The average Bonchev–Trinajstić information content (AvgIpc) is 2.40. The van der Waals surface area contributed by atoms with E-state index in [4.69, 9.17) is 0 Å². The number of nitrogens with zero attached hydrogens (tertiary/aromatic N) is 3. The lowest BCUT2D eigenvalue weighted by Crippen LogP contribution is -2.13. The van der Waals surface area contributed by atoms with Crippen molar-refractivity contribution in [3.05, 3.63) is 12.4 Å². The molecule has 0 aliphatic carbocycles. The number of aromatic nitrogens is 3. The Bertz CT molecular complexity index is 220. The Morgan fingerprint density at radius 3 is 3.18 bits per heavy atom. The molecule has 0 saturated heterocycles. The van der Waals surface area contributed by atoms with Gasteiger partial charge in [-0.1, -0.05) is 5.21 Å². The van der Waals surface area contributed by atoms with Gasteiger partial charge in [0.1, 0.15) is 12.7 Å². The molecule has 59 valence electrons. The predicted molar refractivity (Wildman–Crippen MR) is 35.5 cm³/mol. The first-order valence-electron chi connectivity index (χ1n) is 3.24. The summed E-state index contributed by atoms with van der Waals surface area (Å²) in [6.07, 6.45) is 3.95. The summed E-state index contributed by atoms with van der Waals surface area (Å²) in [6, 6.07) is 0. The molecule has 1 rings (SSSR count). The van der Waals surface area contributed by atoms with E-state index in [1.807, 2.05) is 0 Å². The van der Waals surface area contributed by atoms with Crippen LogP contribution in [0, 0.1) is 6.20 Å². The van der Waals surface area contributed by atoms with Gasteiger partial charge in [-0.15, -0.1) is 5.10 Å². The zero-order valence-corrected chi connectivity index (χ0v) is 6.15. The van der Waals surface area contributed by atoms with Gasteiger partial charge in [0.05, 0.1) is 12.8 Å². The summed E-state index contributed by atoms with van der Waals surface area (Å²) in [7, 11) is 0. The molecule has 1 aromatic rings. The minimum Gasteiger partial charge on any atom is -0.465 e. The molecule has 5 heteroatoms. The quantitative estimate of drug-likeness (QED) is 0.558. The van der Waals surface area contributed by atoms with Crippen molar-refractivity contribution in [1.29, 1.82) is 0 Å².